The number of aromatic nitrogens is 2. The number of nitrogens with zero attached hydrogens (tertiary/aromatic N) is 4. The third-order valence-corrected chi connectivity index (χ3v) is 14.6. The van der Waals surface area contributed by atoms with E-state index in [-0.39, 0.29) is 24.4 Å². The number of nitrogens with one attached hydrogen (secondary N) is 1. The molecule has 0 atom stereocenters. The lowest BCUT2D eigenvalue weighted by atomic mass is 9.96. The van der Waals surface area contributed by atoms with Gasteiger partial charge in [-0.1, -0.05) is 84.9 Å². The molecule has 6 aromatic carbocycles. The third kappa shape index (κ3) is 14.6. The zero-order valence-corrected chi connectivity index (χ0v) is 46.1. The van der Waals surface area contributed by atoms with Crippen molar-refractivity contribution in [2.45, 2.75) is 65.1 Å². The van der Waals surface area contributed by atoms with Crippen molar-refractivity contribution in [2.75, 3.05) is 76.7 Å². The quantitative estimate of drug-likeness (QED) is 0.0461. The molecule has 0 radical (unpaired) electrons. The van der Waals surface area contributed by atoms with Crippen LogP contribution in [0.3, 0.4) is 0 Å². The number of ether oxygens (including phenoxy) is 3. The van der Waals surface area contributed by atoms with Crippen LogP contribution in [0.5, 0.6) is 0 Å². The summed E-state index contributed by atoms with van der Waals surface area (Å²) in [5, 5.41) is 5.05. The van der Waals surface area contributed by atoms with Gasteiger partial charge in [0.15, 0.2) is 11.6 Å². The van der Waals surface area contributed by atoms with Crippen LogP contribution >= 0.6 is 0 Å². The molecular weight excluding hydrogens is 985 g/mol. The Morgan fingerprint density at radius 1 is 0.557 bits per heavy atom. The SMILES string of the molecule is C=CCc1cn(CCN2CCOCC2)c2ccc(C(=O)Cc3cc(-c4ccccc4)ccc3N)cc12.C=CCc1cn(CCN2CCOCC2)c2ccc(C(=O)Cc3cc(-c4ccccc4)ccc3NC(=O)OC(C)(C)C)cc12. The fourth-order valence-corrected chi connectivity index (χ4v) is 10.4. The van der Waals surface area contributed by atoms with Gasteiger partial charge in [0.2, 0.25) is 0 Å². The highest BCUT2D eigenvalue weighted by Crippen LogP contribution is 2.31. The van der Waals surface area contributed by atoms with E-state index >= 15 is 0 Å². The van der Waals surface area contributed by atoms with Gasteiger partial charge in [0, 0.05) is 122 Å². The Labute approximate surface area is 465 Å². The highest BCUT2D eigenvalue weighted by atomic mass is 16.6. The van der Waals surface area contributed by atoms with E-state index in [0.717, 1.165) is 152 Å². The molecule has 3 N–H and O–H groups in total. The van der Waals surface area contributed by atoms with Crippen molar-refractivity contribution in [3.05, 3.63) is 205 Å². The summed E-state index contributed by atoms with van der Waals surface area (Å²) in [5.41, 5.74) is 18.6. The Bertz CT molecular complexity index is 3410. The molecule has 408 valence electrons. The Morgan fingerprint density at radius 2 is 1.01 bits per heavy atom. The molecule has 10 rings (SSSR count). The van der Waals surface area contributed by atoms with E-state index in [1.165, 1.54) is 5.56 Å². The van der Waals surface area contributed by atoms with Gasteiger partial charge in [0.05, 0.1) is 26.4 Å². The number of morpholine rings is 2. The summed E-state index contributed by atoms with van der Waals surface area (Å²) in [6.45, 7) is 24.1. The van der Waals surface area contributed by atoms with Crippen LogP contribution in [0.1, 0.15) is 63.7 Å². The van der Waals surface area contributed by atoms with Crippen molar-refractivity contribution in [1.82, 2.24) is 18.9 Å². The standard InChI is InChI=1S/C36H41N3O4.C31H33N3O2/c1-5-9-29-25-39(17-16-38-18-20-42-21-19-38)33-15-13-28(23-31(29)33)34(40)24-30-22-27(26-10-7-6-8-11-26)12-14-32(30)37-35(41)43-36(2,3)4;1-2-6-26-22-34(14-13-33-15-17-36-18-16-33)30-12-10-25(20-28(26)30)31(35)21-27-19-24(9-11-29(27)32)23-7-4-3-5-8-23/h5-8,10-15,22-23,25H,1,9,16-21,24H2,2-4H3,(H,37,41);2-5,7-12,19-20,22H,1,6,13-18,21,32H2. The van der Waals surface area contributed by atoms with E-state index in [4.69, 9.17) is 19.9 Å². The first-order valence-electron chi connectivity index (χ1n) is 27.6. The maximum Gasteiger partial charge on any atom is 0.412 e. The van der Waals surface area contributed by atoms with Gasteiger partial charge in [-0.25, -0.2) is 4.79 Å². The molecule has 0 bridgehead atoms. The smallest absolute Gasteiger partial charge is 0.412 e. The van der Waals surface area contributed by atoms with Gasteiger partial charge in [-0.05, 0) is 139 Å². The number of carbonyl (C=O) groups is 3. The number of hydrogen-bond acceptors (Lipinski definition) is 9. The number of fused-ring (bicyclic) bond motifs is 2. The summed E-state index contributed by atoms with van der Waals surface area (Å²) >= 11 is 0. The average molecular weight is 1060 g/mol. The van der Waals surface area contributed by atoms with Crippen LogP contribution in [0.25, 0.3) is 44.1 Å². The lowest BCUT2D eigenvalue weighted by Crippen LogP contribution is -2.38. The molecule has 0 saturated carbocycles. The van der Waals surface area contributed by atoms with Crippen molar-refractivity contribution < 1.29 is 28.6 Å². The van der Waals surface area contributed by atoms with Crippen LogP contribution in [-0.2, 0) is 53.0 Å². The first-order chi connectivity index (χ1) is 38.3. The number of anilines is 2. The Kier molecular flexibility index (Phi) is 18.5. The predicted octanol–water partition coefficient (Wildman–Crippen LogP) is 12.5. The van der Waals surface area contributed by atoms with E-state index in [0.29, 0.717) is 22.5 Å². The normalized spacial score (nSPS) is 14.1. The highest BCUT2D eigenvalue weighted by Gasteiger charge is 2.21. The summed E-state index contributed by atoms with van der Waals surface area (Å²) in [7, 11) is 0. The lowest BCUT2D eigenvalue weighted by Gasteiger charge is -2.26. The van der Waals surface area contributed by atoms with Crippen LogP contribution in [0.4, 0.5) is 16.2 Å². The van der Waals surface area contributed by atoms with E-state index in [1.807, 2.05) is 142 Å². The molecule has 0 unspecified atom stereocenters. The third-order valence-electron chi connectivity index (χ3n) is 14.6. The van der Waals surface area contributed by atoms with Gasteiger partial charge in [0.1, 0.15) is 5.60 Å². The monoisotopic (exact) mass is 1060 g/mol. The molecule has 2 saturated heterocycles. The number of Topliss-reactive ketones (excluding diaryl/α,β-unsaturated/α-hetero) is 2. The molecule has 12 nitrogen and oxygen atoms in total. The van der Waals surface area contributed by atoms with Gasteiger partial charge in [-0.3, -0.25) is 24.7 Å². The molecule has 4 heterocycles. The first-order valence-corrected chi connectivity index (χ1v) is 27.6. The largest absolute Gasteiger partial charge is 0.444 e. The van der Waals surface area contributed by atoms with Crippen molar-refractivity contribution in [2.24, 2.45) is 0 Å². The fourth-order valence-electron chi connectivity index (χ4n) is 10.4. The molecule has 1 amide bonds. The number of carbonyl (C=O) groups excluding carboxylic acids is 3. The second-order valence-electron chi connectivity index (χ2n) is 21.4. The molecule has 12 heteroatoms. The van der Waals surface area contributed by atoms with Crippen LogP contribution in [0, 0.1) is 0 Å². The molecule has 2 fully saturated rings. The van der Waals surface area contributed by atoms with Gasteiger partial charge in [-0.2, -0.15) is 0 Å². The van der Waals surface area contributed by atoms with E-state index in [9.17, 15) is 14.4 Å². The number of benzene rings is 6. The number of rotatable bonds is 19. The zero-order valence-electron chi connectivity index (χ0n) is 46.1. The Morgan fingerprint density at radius 3 is 1.48 bits per heavy atom. The van der Waals surface area contributed by atoms with E-state index < -0.39 is 11.7 Å². The zero-order chi connectivity index (χ0) is 55.3. The Hall–Kier alpha value is -7.87. The van der Waals surface area contributed by atoms with Crippen molar-refractivity contribution >= 4 is 50.8 Å². The second-order valence-corrected chi connectivity index (χ2v) is 21.4. The maximum atomic E-state index is 13.8. The van der Waals surface area contributed by atoms with Crippen LogP contribution < -0.4 is 11.1 Å². The minimum Gasteiger partial charge on any atom is -0.444 e. The summed E-state index contributed by atoms with van der Waals surface area (Å²) in [6.07, 6.45) is 9.56. The van der Waals surface area contributed by atoms with Crippen LogP contribution in [-0.4, -0.2) is 108 Å². The number of allylic oxidation sites excluding steroid dienone is 2. The summed E-state index contributed by atoms with van der Waals surface area (Å²) in [6, 6.07) is 43.9. The topological polar surface area (TPSA) is 133 Å². The van der Waals surface area contributed by atoms with Gasteiger partial charge in [0.25, 0.3) is 0 Å². The van der Waals surface area contributed by atoms with Gasteiger partial charge in [-0.15, -0.1) is 13.2 Å². The number of hydrogen-bond donors (Lipinski definition) is 2. The fraction of sp³-hybridized carbons (Fsp3) is 0.299. The number of nitrogen functional groups attached to an aromatic ring is 1. The minimum absolute atomic E-state index is 0.0232. The molecule has 0 aliphatic carbocycles. The van der Waals surface area contributed by atoms with Gasteiger partial charge >= 0.3 is 6.09 Å². The molecule has 0 spiro atoms. The van der Waals surface area contributed by atoms with E-state index in [2.05, 4.69) is 74.1 Å². The maximum absolute atomic E-state index is 13.8. The average Bonchev–Trinajstić information content (AvgIpc) is 4.04. The first kappa shape index (κ1) is 55.9. The van der Waals surface area contributed by atoms with Crippen molar-refractivity contribution in [3.63, 3.8) is 0 Å². The second kappa shape index (κ2) is 26.2. The van der Waals surface area contributed by atoms with Crippen LogP contribution in [0.2, 0.25) is 0 Å². The van der Waals surface area contributed by atoms with Crippen LogP contribution in [0.15, 0.2) is 171 Å². The molecule has 2 aromatic heterocycles. The number of nitrogens with two attached hydrogens (primary N) is 1. The van der Waals surface area contributed by atoms with Crippen molar-refractivity contribution in [3.8, 4) is 22.3 Å². The minimum atomic E-state index is -0.638. The highest BCUT2D eigenvalue weighted by molar-refractivity contribution is 6.03. The summed E-state index contributed by atoms with van der Waals surface area (Å²) in [4.78, 5) is 44.7. The summed E-state index contributed by atoms with van der Waals surface area (Å²) in [5.74, 6) is 0.0457. The van der Waals surface area contributed by atoms with Crippen molar-refractivity contribution in [1.29, 1.82) is 0 Å². The van der Waals surface area contributed by atoms with E-state index in [1.54, 1.807) is 0 Å². The Balaban J connectivity index is 0.000000195. The molecular formula is C67H74N6O6. The molecule has 2 aliphatic heterocycles. The number of amides is 1. The van der Waals surface area contributed by atoms with Gasteiger partial charge < -0.3 is 29.1 Å². The molecule has 8 aromatic rings. The predicted molar refractivity (Wildman–Crippen MR) is 320 cm³/mol. The molecule has 2 aliphatic rings. The lowest BCUT2D eigenvalue weighted by molar-refractivity contribution is 0.0365. The summed E-state index contributed by atoms with van der Waals surface area (Å²) < 4.78 is 21.0. The number of ketones is 2. The molecule has 79 heavy (non-hydrogen) atoms.